The number of Topliss-reactive ketones (excluding diaryl/α,β-unsaturated/α-hetero) is 1. The summed E-state index contributed by atoms with van der Waals surface area (Å²) < 4.78 is 7.88. The van der Waals surface area contributed by atoms with E-state index in [0.717, 1.165) is 52.2 Å². The molecule has 0 saturated heterocycles. The summed E-state index contributed by atoms with van der Waals surface area (Å²) in [7, 11) is 1.46. The average Bonchev–Trinajstić information content (AvgIpc) is 3.18. The fourth-order valence-electron chi connectivity index (χ4n) is 5.84. The number of nitrogens with zero attached hydrogens (tertiary/aromatic N) is 2. The summed E-state index contributed by atoms with van der Waals surface area (Å²) in [6, 6.07) is 14.1. The Balaban J connectivity index is 1.32. The first kappa shape index (κ1) is 21.4. The molecule has 32 heavy (non-hydrogen) atoms. The molecule has 1 unspecified atom stereocenters. The first-order chi connectivity index (χ1) is 15.4. The molecule has 0 bridgehead atoms. The zero-order valence-corrected chi connectivity index (χ0v) is 20.0. The van der Waals surface area contributed by atoms with Gasteiger partial charge in [-0.15, -0.1) is 0 Å². The molecule has 1 spiro atoms. The van der Waals surface area contributed by atoms with Crippen LogP contribution in [0.2, 0.25) is 0 Å². The highest BCUT2D eigenvalue weighted by molar-refractivity contribution is 9.10. The molecule has 1 aromatic heterocycles. The molecule has 3 aromatic rings. The lowest BCUT2D eigenvalue weighted by molar-refractivity contribution is -0.161. The fourth-order valence-corrected chi connectivity index (χ4v) is 6.10. The number of esters is 1. The molecule has 5 nitrogen and oxygen atoms in total. The molecule has 166 valence electrons. The largest absolute Gasteiger partial charge is 0.469 e. The van der Waals surface area contributed by atoms with Gasteiger partial charge in [-0.05, 0) is 67.7 Å². The number of hydrogen-bond acceptors (Lipinski definition) is 4. The maximum Gasteiger partial charge on any atom is 0.308 e. The van der Waals surface area contributed by atoms with E-state index >= 15 is 0 Å². The van der Waals surface area contributed by atoms with Crippen LogP contribution in [0.15, 0.2) is 53.1 Å². The number of methoxy groups -OCH3 is 1. The third-order valence-corrected chi connectivity index (χ3v) is 7.98. The lowest BCUT2D eigenvalue weighted by Gasteiger charge is -2.57. The number of ketones is 1. The van der Waals surface area contributed by atoms with Gasteiger partial charge in [0.05, 0.1) is 30.8 Å². The number of halogens is 1. The van der Waals surface area contributed by atoms with E-state index in [2.05, 4.69) is 40.1 Å². The van der Waals surface area contributed by atoms with Crippen molar-refractivity contribution in [2.24, 2.45) is 17.3 Å². The van der Waals surface area contributed by atoms with Crippen LogP contribution in [0.25, 0.3) is 10.9 Å². The number of carbonyl (C=O) groups is 2. The number of carbonyl (C=O) groups excluding carboxylic acids is 2. The molecule has 1 atom stereocenters. The number of ether oxygens (including phenoxy) is 1. The minimum Gasteiger partial charge on any atom is -0.469 e. The van der Waals surface area contributed by atoms with Gasteiger partial charge < -0.3 is 4.74 Å². The molecule has 0 aliphatic heterocycles. The van der Waals surface area contributed by atoms with Crippen molar-refractivity contribution in [3.8, 4) is 0 Å². The highest BCUT2D eigenvalue weighted by Crippen LogP contribution is 2.62. The van der Waals surface area contributed by atoms with Crippen LogP contribution < -0.4 is 0 Å². The van der Waals surface area contributed by atoms with E-state index < -0.39 is 0 Å². The SMILES string of the molecule is COC(=O)C1CC2(CC(CC(=O)c3cccc4cnn(C(C)c5ccc(Br)cc5)c34)C2)C1. The van der Waals surface area contributed by atoms with Gasteiger partial charge in [0.25, 0.3) is 0 Å². The fraction of sp³-hybridized carbons (Fsp3) is 0.423. The van der Waals surface area contributed by atoms with Crippen LogP contribution in [-0.2, 0) is 9.53 Å². The molecule has 0 amide bonds. The zero-order valence-electron chi connectivity index (χ0n) is 18.4. The minimum absolute atomic E-state index is 0.0201. The monoisotopic (exact) mass is 494 g/mol. The molecule has 5 rings (SSSR count). The first-order valence-electron chi connectivity index (χ1n) is 11.2. The van der Waals surface area contributed by atoms with Crippen molar-refractivity contribution in [3.05, 3.63) is 64.3 Å². The third kappa shape index (κ3) is 3.68. The van der Waals surface area contributed by atoms with Gasteiger partial charge in [0.15, 0.2) is 5.78 Å². The Morgan fingerprint density at radius 1 is 1.16 bits per heavy atom. The summed E-state index contributed by atoms with van der Waals surface area (Å²) in [6.45, 7) is 2.11. The molecule has 2 fully saturated rings. The summed E-state index contributed by atoms with van der Waals surface area (Å²) >= 11 is 3.49. The Bertz CT molecular complexity index is 1170. The first-order valence-corrected chi connectivity index (χ1v) is 12.0. The van der Waals surface area contributed by atoms with E-state index in [0.29, 0.717) is 12.3 Å². The number of fused-ring (bicyclic) bond motifs is 1. The minimum atomic E-state index is -0.0880. The van der Waals surface area contributed by atoms with E-state index in [1.54, 1.807) is 0 Å². The van der Waals surface area contributed by atoms with Crippen LogP contribution in [0.1, 0.15) is 61.0 Å². The number of benzene rings is 2. The molecular formula is C26H27BrN2O3. The van der Waals surface area contributed by atoms with Gasteiger partial charge >= 0.3 is 5.97 Å². The lowest BCUT2D eigenvalue weighted by atomic mass is 9.47. The summed E-state index contributed by atoms with van der Waals surface area (Å²) in [4.78, 5) is 25.0. The maximum absolute atomic E-state index is 13.3. The molecule has 0 N–H and O–H groups in total. The Kier molecular flexibility index (Phi) is 5.44. The predicted molar refractivity (Wildman–Crippen MR) is 127 cm³/mol. The summed E-state index contributed by atoms with van der Waals surface area (Å²) in [5.41, 5.74) is 3.09. The van der Waals surface area contributed by atoms with E-state index in [4.69, 9.17) is 4.74 Å². The van der Waals surface area contributed by atoms with Crippen molar-refractivity contribution < 1.29 is 14.3 Å². The van der Waals surface area contributed by atoms with Gasteiger partial charge in [-0.25, -0.2) is 0 Å². The van der Waals surface area contributed by atoms with Crippen molar-refractivity contribution in [1.82, 2.24) is 9.78 Å². The number of rotatable bonds is 6. The van der Waals surface area contributed by atoms with Crippen molar-refractivity contribution in [2.75, 3.05) is 7.11 Å². The van der Waals surface area contributed by atoms with E-state index in [1.165, 1.54) is 7.11 Å². The molecule has 1 heterocycles. The highest BCUT2D eigenvalue weighted by atomic mass is 79.9. The highest BCUT2D eigenvalue weighted by Gasteiger charge is 2.55. The Hall–Kier alpha value is -2.47. The Morgan fingerprint density at radius 2 is 1.88 bits per heavy atom. The van der Waals surface area contributed by atoms with Crippen LogP contribution in [0, 0.1) is 17.3 Å². The average molecular weight is 495 g/mol. The topological polar surface area (TPSA) is 61.2 Å². The van der Waals surface area contributed by atoms with Crippen LogP contribution in [0.3, 0.4) is 0 Å². The smallest absolute Gasteiger partial charge is 0.308 e. The van der Waals surface area contributed by atoms with Gasteiger partial charge in [-0.2, -0.15) is 5.10 Å². The molecular weight excluding hydrogens is 468 g/mol. The van der Waals surface area contributed by atoms with Crippen molar-refractivity contribution in [2.45, 2.75) is 45.1 Å². The summed E-state index contributed by atoms with van der Waals surface area (Å²) in [6.07, 6.45) is 6.31. The van der Waals surface area contributed by atoms with Gasteiger partial charge in [-0.1, -0.05) is 40.2 Å². The Labute approximate surface area is 196 Å². The molecule has 2 aliphatic rings. The second-order valence-electron chi connectivity index (χ2n) is 9.59. The lowest BCUT2D eigenvalue weighted by Crippen LogP contribution is -2.50. The standard InChI is InChI=1S/C26H27BrN2O3/c1-16(18-6-8-21(27)9-7-18)29-24-19(15-28-29)4-3-5-22(24)23(30)10-17-11-26(12-17)13-20(14-26)25(31)32-2/h3-9,15-17,20H,10-14H2,1-2H3. The molecule has 2 aromatic carbocycles. The van der Waals surface area contributed by atoms with Crippen LogP contribution in [0.5, 0.6) is 0 Å². The van der Waals surface area contributed by atoms with Gasteiger partial charge in [0.1, 0.15) is 0 Å². The normalized spacial score (nSPS) is 25.2. The summed E-state index contributed by atoms with van der Waals surface area (Å²) in [5.74, 6) is 0.551. The van der Waals surface area contributed by atoms with Crippen LogP contribution in [-0.4, -0.2) is 28.6 Å². The van der Waals surface area contributed by atoms with E-state index in [9.17, 15) is 9.59 Å². The van der Waals surface area contributed by atoms with Crippen LogP contribution in [0.4, 0.5) is 0 Å². The maximum atomic E-state index is 13.3. The molecule has 0 radical (unpaired) electrons. The third-order valence-electron chi connectivity index (χ3n) is 7.45. The molecule has 2 saturated carbocycles. The second-order valence-corrected chi connectivity index (χ2v) is 10.5. The molecule has 6 heteroatoms. The van der Waals surface area contributed by atoms with Crippen molar-refractivity contribution >= 4 is 38.6 Å². The zero-order chi connectivity index (χ0) is 22.5. The molecule has 2 aliphatic carbocycles. The predicted octanol–water partition coefficient (Wildman–Crippen LogP) is 5.96. The van der Waals surface area contributed by atoms with Crippen molar-refractivity contribution in [1.29, 1.82) is 0 Å². The van der Waals surface area contributed by atoms with Gasteiger partial charge in [-0.3, -0.25) is 14.3 Å². The number of aromatic nitrogens is 2. The number of para-hydroxylation sites is 1. The quantitative estimate of drug-likeness (QED) is 0.313. The number of hydrogen-bond donors (Lipinski definition) is 0. The van der Waals surface area contributed by atoms with Crippen LogP contribution >= 0.6 is 15.9 Å². The van der Waals surface area contributed by atoms with Gasteiger partial charge in [0.2, 0.25) is 0 Å². The van der Waals surface area contributed by atoms with E-state index in [1.807, 2.05) is 41.2 Å². The van der Waals surface area contributed by atoms with E-state index in [-0.39, 0.29) is 29.1 Å². The Morgan fingerprint density at radius 3 is 2.56 bits per heavy atom. The summed E-state index contributed by atoms with van der Waals surface area (Å²) in [5, 5.41) is 5.63. The van der Waals surface area contributed by atoms with Gasteiger partial charge in [0, 0.05) is 21.8 Å². The van der Waals surface area contributed by atoms with Crippen molar-refractivity contribution in [3.63, 3.8) is 0 Å². The second kappa shape index (κ2) is 8.14.